The van der Waals surface area contributed by atoms with E-state index in [2.05, 4.69) is 5.32 Å². The maximum absolute atomic E-state index is 12.6. The third-order valence-electron chi connectivity index (χ3n) is 4.27. The van der Waals surface area contributed by atoms with Crippen molar-refractivity contribution in [2.75, 3.05) is 0 Å². The van der Waals surface area contributed by atoms with E-state index in [1.807, 2.05) is 68.4 Å². The minimum atomic E-state index is -0.252. The lowest BCUT2D eigenvalue weighted by Crippen LogP contribution is -2.26. The quantitative estimate of drug-likeness (QED) is 0.579. The third kappa shape index (κ3) is 2.36. The summed E-state index contributed by atoms with van der Waals surface area (Å²) in [5.41, 5.74) is 2.38. The van der Waals surface area contributed by atoms with Gasteiger partial charge in [0.05, 0.1) is 6.04 Å². The standard InChI is InChI=1S/C20H17NO3/c1-12-15-8-4-6-10-17(15)24-19(12)20(22)21-13(2)18-11-14-7-3-5-9-16(14)23-18/h3-11,13H,1-2H3,(H,21,22). The monoisotopic (exact) mass is 319 g/mol. The highest BCUT2D eigenvalue weighted by Crippen LogP contribution is 2.27. The maximum atomic E-state index is 12.6. The van der Waals surface area contributed by atoms with E-state index in [0.717, 1.165) is 33.3 Å². The van der Waals surface area contributed by atoms with Gasteiger partial charge >= 0.3 is 0 Å². The first-order chi connectivity index (χ1) is 11.6. The highest BCUT2D eigenvalue weighted by atomic mass is 16.3. The maximum Gasteiger partial charge on any atom is 0.287 e. The average molecular weight is 319 g/mol. The van der Waals surface area contributed by atoms with Crippen molar-refractivity contribution in [3.63, 3.8) is 0 Å². The molecule has 1 atom stereocenters. The van der Waals surface area contributed by atoms with E-state index in [4.69, 9.17) is 8.83 Å². The number of carbonyl (C=O) groups is 1. The highest BCUT2D eigenvalue weighted by Gasteiger charge is 2.21. The van der Waals surface area contributed by atoms with Crippen LogP contribution in [0.1, 0.15) is 34.8 Å². The van der Waals surface area contributed by atoms with Crippen LogP contribution in [0.4, 0.5) is 0 Å². The fourth-order valence-electron chi connectivity index (χ4n) is 2.94. The molecule has 4 heteroatoms. The Labute approximate surface area is 139 Å². The lowest BCUT2D eigenvalue weighted by molar-refractivity contribution is 0.0909. The van der Waals surface area contributed by atoms with Gasteiger partial charge in [0.15, 0.2) is 5.76 Å². The summed E-state index contributed by atoms with van der Waals surface area (Å²) in [5, 5.41) is 4.93. The van der Waals surface area contributed by atoms with E-state index < -0.39 is 0 Å². The molecule has 4 nitrogen and oxygen atoms in total. The number of furan rings is 2. The zero-order valence-electron chi connectivity index (χ0n) is 13.5. The average Bonchev–Trinajstić information content (AvgIpc) is 3.17. The predicted octanol–water partition coefficient (Wildman–Crippen LogP) is 4.98. The van der Waals surface area contributed by atoms with Crippen LogP contribution < -0.4 is 5.32 Å². The van der Waals surface area contributed by atoms with E-state index in [-0.39, 0.29) is 11.9 Å². The Morgan fingerprint density at radius 2 is 1.71 bits per heavy atom. The Morgan fingerprint density at radius 1 is 1.00 bits per heavy atom. The molecule has 2 aromatic heterocycles. The van der Waals surface area contributed by atoms with Crippen LogP contribution in [0.3, 0.4) is 0 Å². The first-order valence-corrected chi connectivity index (χ1v) is 7.91. The molecule has 0 aliphatic carbocycles. The lowest BCUT2D eigenvalue weighted by Gasteiger charge is -2.10. The van der Waals surface area contributed by atoms with Crippen LogP contribution in [-0.2, 0) is 0 Å². The van der Waals surface area contributed by atoms with Crippen molar-refractivity contribution in [1.29, 1.82) is 0 Å². The normalized spacial score (nSPS) is 12.6. The molecule has 120 valence electrons. The molecule has 0 aliphatic rings. The summed E-state index contributed by atoms with van der Waals surface area (Å²) in [7, 11) is 0. The van der Waals surface area contributed by atoms with Crippen molar-refractivity contribution in [3.05, 3.63) is 71.7 Å². The van der Waals surface area contributed by atoms with Crippen molar-refractivity contribution in [1.82, 2.24) is 5.32 Å². The number of rotatable bonds is 3. The summed E-state index contributed by atoms with van der Waals surface area (Å²) in [4.78, 5) is 12.6. The molecule has 1 N–H and O–H groups in total. The van der Waals surface area contributed by atoms with Gasteiger partial charge in [-0.3, -0.25) is 4.79 Å². The molecule has 0 saturated carbocycles. The van der Waals surface area contributed by atoms with Crippen molar-refractivity contribution in [2.45, 2.75) is 19.9 Å². The Morgan fingerprint density at radius 3 is 2.46 bits per heavy atom. The van der Waals surface area contributed by atoms with Crippen molar-refractivity contribution in [3.8, 4) is 0 Å². The van der Waals surface area contributed by atoms with Gasteiger partial charge in [-0.25, -0.2) is 0 Å². The summed E-state index contributed by atoms with van der Waals surface area (Å²) in [6, 6.07) is 17.1. The zero-order valence-corrected chi connectivity index (χ0v) is 13.5. The van der Waals surface area contributed by atoms with E-state index in [1.54, 1.807) is 0 Å². The number of carbonyl (C=O) groups excluding carboxylic acids is 1. The molecule has 0 aliphatic heterocycles. The molecule has 4 aromatic rings. The second kappa shape index (κ2) is 5.57. The van der Waals surface area contributed by atoms with Gasteiger partial charge < -0.3 is 14.2 Å². The smallest absolute Gasteiger partial charge is 0.287 e. The summed E-state index contributed by atoms with van der Waals surface area (Å²) in [5.74, 6) is 0.828. The molecule has 0 saturated heterocycles. The van der Waals surface area contributed by atoms with Crippen LogP contribution in [0.15, 0.2) is 63.4 Å². The van der Waals surface area contributed by atoms with Gasteiger partial charge in [-0.1, -0.05) is 36.4 Å². The minimum Gasteiger partial charge on any atom is -0.459 e. The van der Waals surface area contributed by atoms with Crippen LogP contribution in [0.2, 0.25) is 0 Å². The number of fused-ring (bicyclic) bond motifs is 2. The molecule has 1 amide bonds. The van der Waals surface area contributed by atoms with Gasteiger partial charge in [-0.2, -0.15) is 0 Å². The SMILES string of the molecule is Cc1c(C(=O)NC(C)c2cc3ccccc3o2)oc2ccccc12. The molecule has 24 heavy (non-hydrogen) atoms. The Kier molecular flexibility index (Phi) is 3.38. The highest BCUT2D eigenvalue weighted by molar-refractivity contribution is 5.99. The fourth-order valence-corrected chi connectivity index (χ4v) is 2.94. The molecule has 2 heterocycles. The van der Waals surface area contributed by atoms with E-state index in [0.29, 0.717) is 5.76 Å². The summed E-state index contributed by atoms with van der Waals surface area (Å²) in [6.07, 6.45) is 0. The molecule has 0 radical (unpaired) electrons. The Bertz CT molecular complexity index is 1010. The Balaban J connectivity index is 1.61. The number of nitrogens with one attached hydrogen (secondary N) is 1. The van der Waals surface area contributed by atoms with Crippen LogP contribution >= 0.6 is 0 Å². The van der Waals surface area contributed by atoms with Crippen LogP contribution in [-0.4, -0.2) is 5.91 Å². The van der Waals surface area contributed by atoms with Gasteiger partial charge in [0.1, 0.15) is 16.9 Å². The molecule has 0 spiro atoms. The number of benzene rings is 2. The molecular formula is C20H17NO3. The topological polar surface area (TPSA) is 55.4 Å². The first kappa shape index (κ1) is 14.6. The second-order valence-corrected chi connectivity index (χ2v) is 5.93. The summed E-state index contributed by atoms with van der Waals surface area (Å²) >= 11 is 0. The molecular weight excluding hydrogens is 302 g/mol. The van der Waals surface area contributed by atoms with Crippen LogP contribution in [0.5, 0.6) is 0 Å². The number of amides is 1. The van der Waals surface area contributed by atoms with E-state index in [9.17, 15) is 4.79 Å². The lowest BCUT2D eigenvalue weighted by atomic mass is 10.1. The molecule has 1 unspecified atom stereocenters. The molecule has 0 fully saturated rings. The number of hydrogen-bond donors (Lipinski definition) is 1. The van der Waals surface area contributed by atoms with Gasteiger partial charge in [0, 0.05) is 16.3 Å². The summed E-state index contributed by atoms with van der Waals surface area (Å²) in [6.45, 7) is 3.79. The number of aryl methyl sites for hydroxylation is 1. The largest absolute Gasteiger partial charge is 0.459 e. The van der Waals surface area contributed by atoms with Crippen LogP contribution in [0, 0.1) is 6.92 Å². The van der Waals surface area contributed by atoms with E-state index >= 15 is 0 Å². The zero-order chi connectivity index (χ0) is 16.7. The second-order valence-electron chi connectivity index (χ2n) is 5.93. The van der Waals surface area contributed by atoms with Gasteiger partial charge in [-0.05, 0) is 32.0 Å². The number of para-hydroxylation sites is 2. The van der Waals surface area contributed by atoms with Crippen molar-refractivity contribution in [2.24, 2.45) is 0 Å². The first-order valence-electron chi connectivity index (χ1n) is 7.91. The van der Waals surface area contributed by atoms with Gasteiger partial charge in [0.2, 0.25) is 0 Å². The molecule has 2 aromatic carbocycles. The van der Waals surface area contributed by atoms with E-state index in [1.165, 1.54) is 0 Å². The minimum absolute atomic E-state index is 0.239. The van der Waals surface area contributed by atoms with Gasteiger partial charge in [0.25, 0.3) is 5.91 Å². The molecule has 4 rings (SSSR count). The van der Waals surface area contributed by atoms with Crippen molar-refractivity contribution < 1.29 is 13.6 Å². The predicted molar refractivity (Wildman–Crippen MR) is 93.0 cm³/mol. The summed E-state index contributed by atoms with van der Waals surface area (Å²) < 4.78 is 11.5. The fraction of sp³-hybridized carbons (Fsp3) is 0.150. The number of hydrogen-bond acceptors (Lipinski definition) is 3. The third-order valence-corrected chi connectivity index (χ3v) is 4.27. The van der Waals surface area contributed by atoms with Crippen molar-refractivity contribution >= 4 is 27.8 Å². The Hall–Kier alpha value is -3.01. The van der Waals surface area contributed by atoms with Crippen LogP contribution in [0.25, 0.3) is 21.9 Å². The molecule has 0 bridgehead atoms. The van der Waals surface area contributed by atoms with Gasteiger partial charge in [-0.15, -0.1) is 0 Å².